The first kappa shape index (κ1) is 13.5. The molecule has 0 aliphatic carbocycles. The number of rotatable bonds is 2. The van der Waals surface area contributed by atoms with Crippen LogP contribution in [0.4, 0.5) is 13.2 Å². The summed E-state index contributed by atoms with van der Waals surface area (Å²) in [4.78, 5) is 8.23. The third-order valence-corrected chi connectivity index (χ3v) is 3.02. The summed E-state index contributed by atoms with van der Waals surface area (Å²) in [7, 11) is 0. The predicted octanol–water partition coefficient (Wildman–Crippen LogP) is 2.77. The largest absolute Gasteiger partial charge is 0.420 e. The highest BCUT2D eigenvalue weighted by atomic mass is 19.4. The maximum atomic E-state index is 12.9. The second-order valence-electron chi connectivity index (χ2n) is 4.38. The monoisotopic (exact) mass is 293 g/mol. The molecule has 0 atom stereocenters. The van der Waals surface area contributed by atoms with Crippen LogP contribution in [-0.2, 0) is 12.6 Å². The molecule has 0 radical (unpaired) electrons. The molecule has 21 heavy (non-hydrogen) atoms. The van der Waals surface area contributed by atoms with Gasteiger partial charge in [-0.3, -0.25) is 4.40 Å². The molecule has 3 rings (SSSR count). The highest BCUT2D eigenvalue weighted by Gasteiger charge is 2.34. The topological polar surface area (TPSA) is 56.0 Å². The molecule has 0 aliphatic rings. The van der Waals surface area contributed by atoms with Crippen molar-refractivity contribution in [3.8, 4) is 11.4 Å². The van der Waals surface area contributed by atoms with Crippen LogP contribution in [0.5, 0.6) is 0 Å². The van der Waals surface area contributed by atoms with Crippen molar-refractivity contribution in [2.45, 2.75) is 19.5 Å². The van der Waals surface area contributed by atoms with E-state index in [0.717, 1.165) is 6.07 Å². The first-order valence-corrected chi connectivity index (χ1v) is 6.23. The smallest absolute Gasteiger partial charge is 0.282 e. The molecule has 0 aromatic carbocycles. The van der Waals surface area contributed by atoms with E-state index < -0.39 is 11.7 Å². The molecule has 3 aromatic heterocycles. The molecule has 5 nitrogen and oxygen atoms in total. The summed E-state index contributed by atoms with van der Waals surface area (Å²) in [6.07, 6.45) is 0.743. The zero-order chi connectivity index (χ0) is 15.0. The molecule has 3 aromatic rings. The molecule has 0 saturated heterocycles. The lowest BCUT2D eigenvalue weighted by Crippen LogP contribution is -2.07. The molecule has 0 amide bonds. The Morgan fingerprint density at radius 1 is 1.14 bits per heavy atom. The molecule has 0 bridgehead atoms. The van der Waals surface area contributed by atoms with E-state index in [1.54, 1.807) is 0 Å². The SMILES string of the molecule is CCc1ncc(-c2nnc3c(C(F)(F)F)cccn23)cn1. The number of nitrogens with zero attached hydrogens (tertiary/aromatic N) is 5. The van der Waals surface area contributed by atoms with Crippen LogP contribution >= 0.6 is 0 Å². The number of pyridine rings is 1. The Bertz CT molecular complexity index is 777. The number of hydrogen-bond acceptors (Lipinski definition) is 4. The minimum absolute atomic E-state index is 0.237. The minimum atomic E-state index is -4.48. The summed E-state index contributed by atoms with van der Waals surface area (Å²) in [5.74, 6) is 0.933. The normalized spacial score (nSPS) is 12.0. The number of alkyl halides is 3. The summed E-state index contributed by atoms with van der Waals surface area (Å²) in [6.45, 7) is 1.91. The summed E-state index contributed by atoms with van der Waals surface area (Å²) < 4.78 is 40.1. The average Bonchev–Trinajstić information content (AvgIpc) is 2.90. The van der Waals surface area contributed by atoms with Gasteiger partial charge in [-0.1, -0.05) is 6.92 Å². The Balaban J connectivity index is 2.16. The number of hydrogen-bond donors (Lipinski definition) is 0. The third-order valence-electron chi connectivity index (χ3n) is 3.02. The van der Waals surface area contributed by atoms with Gasteiger partial charge in [-0.25, -0.2) is 9.97 Å². The number of aryl methyl sites for hydroxylation is 1. The zero-order valence-corrected chi connectivity index (χ0v) is 11.0. The first-order valence-electron chi connectivity index (χ1n) is 6.23. The average molecular weight is 293 g/mol. The fraction of sp³-hybridized carbons (Fsp3) is 0.231. The van der Waals surface area contributed by atoms with Crippen molar-refractivity contribution in [3.05, 3.63) is 42.1 Å². The fourth-order valence-electron chi connectivity index (χ4n) is 1.99. The zero-order valence-electron chi connectivity index (χ0n) is 11.0. The van der Waals surface area contributed by atoms with Gasteiger partial charge in [0.05, 0.1) is 5.56 Å². The van der Waals surface area contributed by atoms with Gasteiger partial charge in [0.25, 0.3) is 0 Å². The van der Waals surface area contributed by atoms with Crippen LogP contribution < -0.4 is 0 Å². The van der Waals surface area contributed by atoms with Gasteiger partial charge in [-0.05, 0) is 12.1 Å². The van der Waals surface area contributed by atoms with E-state index in [1.165, 1.54) is 29.1 Å². The molecule has 108 valence electrons. The van der Waals surface area contributed by atoms with Crippen LogP contribution in [0.15, 0.2) is 30.7 Å². The van der Waals surface area contributed by atoms with Gasteiger partial charge in [0.15, 0.2) is 11.5 Å². The van der Waals surface area contributed by atoms with Crippen LogP contribution in [0.3, 0.4) is 0 Å². The lowest BCUT2D eigenvalue weighted by molar-refractivity contribution is -0.136. The molecule has 0 unspecified atom stereocenters. The lowest BCUT2D eigenvalue weighted by atomic mass is 10.2. The minimum Gasteiger partial charge on any atom is -0.282 e. The van der Waals surface area contributed by atoms with Crippen LogP contribution in [0, 0.1) is 0 Å². The second kappa shape index (κ2) is 4.80. The summed E-state index contributed by atoms with van der Waals surface area (Å²) in [5, 5.41) is 7.47. The maximum absolute atomic E-state index is 12.9. The Morgan fingerprint density at radius 2 is 1.86 bits per heavy atom. The molecule has 0 aliphatic heterocycles. The van der Waals surface area contributed by atoms with Crippen molar-refractivity contribution < 1.29 is 13.2 Å². The van der Waals surface area contributed by atoms with Crippen molar-refractivity contribution in [1.82, 2.24) is 24.6 Å². The van der Waals surface area contributed by atoms with E-state index >= 15 is 0 Å². The standard InChI is InChI=1S/C13H10F3N5/c1-2-10-17-6-8(7-18-10)11-19-20-12-9(13(14,15)16)4-3-5-21(11)12/h3-7H,2H2,1H3. The highest BCUT2D eigenvalue weighted by Crippen LogP contribution is 2.32. The van der Waals surface area contributed by atoms with Gasteiger partial charge in [-0.15, -0.1) is 10.2 Å². The fourth-order valence-corrected chi connectivity index (χ4v) is 1.99. The quantitative estimate of drug-likeness (QED) is 0.729. The Kier molecular flexibility index (Phi) is 3.08. The van der Waals surface area contributed by atoms with Crippen LogP contribution in [0.2, 0.25) is 0 Å². The molecule has 0 saturated carbocycles. The van der Waals surface area contributed by atoms with Crippen LogP contribution in [0.25, 0.3) is 17.0 Å². The lowest BCUT2D eigenvalue weighted by Gasteiger charge is -2.07. The number of halogens is 3. The Morgan fingerprint density at radius 3 is 2.48 bits per heavy atom. The number of aromatic nitrogens is 5. The molecule has 0 fully saturated rings. The number of fused-ring (bicyclic) bond motifs is 1. The van der Waals surface area contributed by atoms with Crippen LogP contribution in [-0.4, -0.2) is 24.6 Å². The second-order valence-corrected chi connectivity index (χ2v) is 4.38. The molecule has 0 spiro atoms. The van der Waals surface area contributed by atoms with Crippen molar-refractivity contribution in [2.75, 3.05) is 0 Å². The van der Waals surface area contributed by atoms with E-state index in [9.17, 15) is 13.2 Å². The molecular weight excluding hydrogens is 283 g/mol. The van der Waals surface area contributed by atoms with E-state index in [2.05, 4.69) is 20.2 Å². The van der Waals surface area contributed by atoms with Crippen molar-refractivity contribution in [1.29, 1.82) is 0 Å². The molecule has 8 heteroatoms. The summed E-state index contributed by atoms with van der Waals surface area (Å²) in [5.41, 5.74) is -0.548. The third kappa shape index (κ3) is 2.32. The van der Waals surface area contributed by atoms with Gasteiger partial charge in [-0.2, -0.15) is 13.2 Å². The maximum Gasteiger partial charge on any atom is 0.420 e. The van der Waals surface area contributed by atoms with E-state index in [4.69, 9.17) is 0 Å². The molecule has 0 N–H and O–H groups in total. The van der Waals surface area contributed by atoms with Gasteiger partial charge in [0, 0.05) is 25.0 Å². The van der Waals surface area contributed by atoms with Crippen molar-refractivity contribution in [2.24, 2.45) is 0 Å². The van der Waals surface area contributed by atoms with Gasteiger partial charge < -0.3 is 0 Å². The van der Waals surface area contributed by atoms with Gasteiger partial charge >= 0.3 is 6.18 Å². The van der Waals surface area contributed by atoms with Crippen LogP contribution in [0.1, 0.15) is 18.3 Å². The molecular formula is C13H10F3N5. The van der Waals surface area contributed by atoms with Gasteiger partial charge in [0.2, 0.25) is 0 Å². The van der Waals surface area contributed by atoms with E-state index in [0.29, 0.717) is 17.8 Å². The van der Waals surface area contributed by atoms with Crippen molar-refractivity contribution >= 4 is 5.65 Å². The van der Waals surface area contributed by atoms with Gasteiger partial charge in [0.1, 0.15) is 11.4 Å². The summed E-state index contributed by atoms with van der Waals surface area (Å²) >= 11 is 0. The van der Waals surface area contributed by atoms with E-state index in [1.807, 2.05) is 6.92 Å². The predicted molar refractivity (Wildman–Crippen MR) is 68.4 cm³/mol. The molecule has 3 heterocycles. The Hall–Kier alpha value is -2.51. The highest BCUT2D eigenvalue weighted by molar-refractivity contribution is 5.60. The van der Waals surface area contributed by atoms with E-state index in [-0.39, 0.29) is 11.5 Å². The van der Waals surface area contributed by atoms with Crippen molar-refractivity contribution in [3.63, 3.8) is 0 Å². The first-order chi connectivity index (χ1) is 10.0. The Labute approximate surface area is 117 Å². The summed E-state index contributed by atoms with van der Waals surface area (Å²) in [6, 6.07) is 2.29.